The van der Waals surface area contributed by atoms with E-state index in [-0.39, 0.29) is 17.9 Å². The Labute approximate surface area is 114 Å². The molecule has 0 aromatic heterocycles. The highest BCUT2D eigenvalue weighted by atomic mass is 16.6. The quantitative estimate of drug-likeness (QED) is 0.667. The van der Waals surface area contributed by atoms with E-state index in [1.807, 2.05) is 0 Å². The van der Waals surface area contributed by atoms with Gasteiger partial charge in [0, 0.05) is 12.1 Å². The van der Waals surface area contributed by atoms with E-state index in [4.69, 9.17) is 10.5 Å². The molecule has 102 valence electrons. The highest BCUT2D eigenvalue weighted by Crippen LogP contribution is 2.20. The van der Waals surface area contributed by atoms with Crippen LogP contribution in [0.1, 0.15) is 15.9 Å². The Morgan fingerprint density at radius 3 is 2.65 bits per heavy atom. The summed E-state index contributed by atoms with van der Waals surface area (Å²) in [6, 6.07) is 12.7. The largest absolute Gasteiger partial charge is 0.488 e. The fourth-order valence-corrected chi connectivity index (χ4v) is 1.72. The lowest BCUT2D eigenvalue weighted by molar-refractivity contribution is -0.384. The number of primary amides is 1. The Morgan fingerprint density at radius 2 is 1.95 bits per heavy atom. The summed E-state index contributed by atoms with van der Waals surface area (Å²) in [7, 11) is 0. The van der Waals surface area contributed by atoms with Crippen LogP contribution >= 0.6 is 0 Å². The van der Waals surface area contributed by atoms with Crippen LogP contribution in [-0.2, 0) is 6.61 Å². The molecule has 0 saturated carbocycles. The van der Waals surface area contributed by atoms with Crippen LogP contribution < -0.4 is 10.5 Å². The number of amides is 1. The summed E-state index contributed by atoms with van der Waals surface area (Å²) in [6.07, 6.45) is 0. The number of hydrogen-bond acceptors (Lipinski definition) is 4. The zero-order valence-electron chi connectivity index (χ0n) is 10.5. The van der Waals surface area contributed by atoms with Gasteiger partial charge >= 0.3 is 0 Å². The number of carbonyl (C=O) groups excluding carboxylic acids is 1. The molecular weight excluding hydrogens is 260 g/mol. The van der Waals surface area contributed by atoms with Gasteiger partial charge in [0.05, 0.1) is 10.5 Å². The minimum absolute atomic E-state index is 0.00529. The first kappa shape index (κ1) is 13.5. The second-order valence-corrected chi connectivity index (χ2v) is 4.08. The van der Waals surface area contributed by atoms with Crippen LogP contribution in [0.5, 0.6) is 5.75 Å². The Morgan fingerprint density at radius 1 is 1.20 bits per heavy atom. The molecule has 6 heteroatoms. The van der Waals surface area contributed by atoms with Crippen LogP contribution in [-0.4, -0.2) is 10.8 Å². The van der Waals surface area contributed by atoms with Gasteiger partial charge in [-0.15, -0.1) is 0 Å². The van der Waals surface area contributed by atoms with Crippen molar-refractivity contribution in [1.82, 2.24) is 0 Å². The second kappa shape index (κ2) is 5.83. The van der Waals surface area contributed by atoms with Gasteiger partial charge in [0.1, 0.15) is 12.4 Å². The van der Waals surface area contributed by atoms with Gasteiger partial charge in [0.15, 0.2) is 0 Å². The molecular formula is C14H12N2O4. The third kappa shape index (κ3) is 3.11. The minimum Gasteiger partial charge on any atom is -0.488 e. The smallest absolute Gasteiger partial charge is 0.269 e. The van der Waals surface area contributed by atoms with Crippen molar-refractivity contribution in [3.63, 3.8) is 0 Å². The van der Waals surface area contributed by atoms with Gasteiger partial charge in [0.25, 0.3) is 11.6 Å². The Bertz CT molecular complexity index is 655. The molecule has 1 amide bonds. The van der Waals surface area contributed by atoms with Crippen LogP contribution in [0.3, 0.4) is 0 Å². The number of nitrogens with zero attached hydrogens (tertiary/aromatic N) is 1. The third-order valence-electron chi connectivity index (χ3n) is 2.67. The van der Waals surface area contributed by atoms with Gasteiger partial charge < -0.3 is 10.5 Å². The highest BCUT2D eigenvalue weighted by molar-refractivity contribution is 5.95. The van der Waals surface area contributed by atoms with Crippen molar-refractivity contribution in [2.75, 3.05) is 0 Å². The Balaban J connectivity index is 2.15. The van der Waals surface area contributed by atoms with Gasteiger partial charge in [-0.25, -0.2) is 0 Å². The molecule has 0 fully saturated rings. The SMILES string of the molecule is NC(=O)c1ccccc1OCc1cccc([N+](=O)[O-])c1. The fourth-order valence-electron chi connectivity index (χ4n) is 1.72. The summed E-state index contributed by atoms with van der Waals surface area (Å²) in [5.74, 6) is -0.230. The maximum Gasteiger partial charge on any atom is 0.269 e. The van der Waals surface area contributed by atoms with Gasteiger partial charge in [-0.05, 0) is 17.7 Å². The monoisotopic (exact) mass is 272 g/mol. The van der Waals surface area contributed by atoms with E-state index in [2.05, 4.69) is 0 Å². The molecule has 2 N–H and O–H groups in total. The normalized spacial score (nSPS) is 10.0. The number of para-hydroxylation sites is 1. The number of non-ortho nitro benzene ring substituents is 1. The summed E-state index contributed by atoms with van der Waals surface area (Å²) < 4.78 is 5.50. The maximum atomic E-state index is 11.2. The summed E-state index contributed by atoms with van der Waals surface area (Å²) >= 11 is 0. The summed E-state index contributed by atoms with van der Waals surface area (Å²) in [5, 5.41) is 10.7. The summed E-state index contributed by atoms with van der Waals surface area (Å²) in [6.45, 7) is 0.117. The fraction of sp³-hybridized carbons (Fsp3) is 0.0714. The van der Waals surface area contributed by atoms with E-state index in [9.17, 15) is 14.9 Å². The van der Waals surface area contributed by atoms with Crippen LogP contribution in [0.15, 0.2) is 48.5 Å². The van der Waals surface area contributed by atoms with Crippen molar-refractivity contribution in [2.24, 2.45) is 5.73 Å². The molecule has 0 saturated heterocycles. The van der Waals surface area contributed by atoms with Crippen molar-refractivity contribution < 1.29 is 14.5 Å². The van der Waals surface area contributed by atoms with Gasteiger partial charge in [-0.1, -0.05) is 24.3 Å². The van der Waals surface area contributed by atoms with Crippen LogP contribution in [0.4, 0.5) is 5.69 Å². The van der Waals surface area contributed by atoms with Gasteiger partial charge in [0.2, 0.25) is 0 Å². The molecule has 2 aromatic rings. The van der Waals surface area contributed by atoms with E-state index in [0.717, 1.165) is 0 Å². The minimum atomic E-state index is -0.584. The standard InChI is InChI=1S/C14H12N2O4/c15-14(17)12-6-1-2-7-13(12)20-9-10-4-3-5-11(8-10)16(18)19/h1-8H,9H2,(H2,15,17). The average Bonchev–Trinajstić information content (AvgIpc) is 2.45. The number of hydrogen-bond donors (Lipinski definition) is 1. The molecule has 20 heavy (non-hydrogen) atoms. The lowest BCUT2D eigenvalue weighted by Crippen LogP contribution is -2.12. The molecule has 0 bridgehead atoms. The van der Waals surface area contributed by atoms with E-state index in [1.54, 1.807) is 36.4 Å². The highest BCUT2D eigenvalue weighted by Gasteiger charge is 2.10. The van der Waals surface area contributed by atoms with Crippen molar-refractivity contribution in [3.8, 4) is 5.75 Å². The molecule has 0 heterocycles. The zero-order valence-corrected chi connectivity index (χ0v) is 10.5. The lowest BCUT2D eigenvalue weighted by atomic mass is 10.2. The van der Waals surface area contributed by atoms with E-state index in [0.29, 0.717) is 11.3 Å². The third-order valence-corrected chi connectivity index (χ3v) is 2.67. The predicted molar refractivity (Wildman–Crippen MR) is 72.4 cm³/mol. The van der Waals surface area contributed by atoms with Crippen molar-refractivity contribution >= 4 is 11.6 Å². The molecule has 0 aliphatic heterocycles. The number of nitrogens with two attached hydrogens (primary N) is 1. The molecule has 0 atom stereocenters. The number of benzene rings is 2. The van der Waals surface area contributed by atoms with Crippen LogP contribution in [0, 0.1) is 10.1 Å². The first-order valence-electron chi connectivity index (χ1n) is 5.83. The van der Waals surface area contributed by atoms with Gasteiger partial charge in [-0.2, -0.15) is 0 Å². The summed E-state index contributed by atoms with van der Waals surface area (Å²) in [4.78, 5) is 21.4. The van der Waals surface area contributed by atoms with E-state index in [1.165, 1.54) is 12.1 Å². The number of carbonyl (C=O) groups is 1. The van der Waals surface area contributed by atoms with Crippen LogP contribution in [0.25, 0.3) is 0 Å². The first-order valence-corrected chi connectivity index (χ1v) is 5.83. The van der Waals surface area contributed by atoms with Crippen molar-refractivity contribution in [1.29, 1.82) is 0 Å². The summed E-state index contributed by atoms with van der Waals surface area (Å²) in [5.41, 5.74) is 6.15. The molecule has 0 spiro atoms. The average molecular weight is 272 g/mol. The molecule has 6 nitrogen and oxygen atoms in total. The Hall–Kier alpha value is -2.89. The maximum absolute atomic E-state index is 11.2. The molecule has 2 rings (SSSR count). The predicted octanol–water partition coefficient (Wildman–Crippen LogP) is 2.27. The van der Waals surface area contributed by atoms with E-state index < -0.39 is 10.8 Å². The molecule has 0 aliphatic carbocycles. The Kier molecular flexibility index (Phi) is 3.95. The molecule has 0 radical (unpaired) electrons. The molecule has 0 unspecified atom stereocenters. The lowest BCUT2D eigenvalue weighted by Gasteiger charge is -2.09. The van der Waals surface area contributed by atoms with Gasteiger partial charge in [-0.3, -0.25) is 14.9 Å². The van der Waals surface area contributed by atoms with E-state index >= 15 is 0 Å². The first-order chi connectivity index (χ1) is 9.58. The number of nitro groups is 1. The number of nitro benzene ring substituents is 1. The number of ether oxygens (including phenoxy) is 1. The topological polar surface area (TPSA) is 95.5 Å². The van der Waals surface area contributed by atoms with Crippen molar-refractivity contribution in [3.05, 3.63) is 69.8 Å². The van der Waals surface area contributed by atoms with Crippen molar-refractivity contribution in [2.45, 2.75) is 6.61 Å². The van der Waals surface area contributed by atoms with Crippen LogP contribution in [0.2, 0.25) is 0 Å². The zero-order chi connectivity index (χ0) is 14.5. The molecule has 2 aromatic carbocycles. The molecule has 0 aliphatic rings. The number of rotatable bonds is 5. The second-order valence-electron chi connectivity index (χ2n) is 4.08.